The molecule has 0 saturated carbocycles. The van der Waals surface area contributed by atoms with Gasteiger partial charge in [0, 0.05) is 50.5 Å². The Hall–Kier alpha value is -1.95. The van der Waals surface area contributed by atoms with Gasteiger partial charge < -0.3 is 9.47 Å². The summed E-state index contributed by atoms with van der Waals surface area (Å²) in [7, 11) is 0. The van der Waals surface area contributed by atoms with Gasteiger partial charge in [-0.2, -0.15) is 0 Å². The summed E-state index contributed by atoms with van der Waals surface area (Å²) in [6.45, 7) is 7.99. The van der Waals surface area contributed by atoms with Gasteiger partial charge in [0.15, 0.2) is 0 Å². The van der Waals surface area contributed by atoms with Crippen LogP contribution in [0, 0.1) is 0 Å². The van der Waals surface area contributed by atoms with E-state index >= 15 is 0 Å². The highest BCUT2D eigenvalue weighted by Gasteiger charge is 2.36. The van der Waals surface area contributed by atoms with Crippen LogP contribution in [0.5, 0.6) is 5.75 Å². The van der Waals surface area contributed by atoms with E-state index in [1.54, 1.807) is 0 Å². The van der Waals surface area contributed by atoms with Crippen LogP contribution >= 0.6 is 0 Å². The SMILES string of the molecule is c1cncc(C2CN3CCCC3c3cc(OCCCN4CCOCC4)ccc32)c1. The van der Waals surface area contributed by atoms with Crippen molar-refractivity contribution < 1.29 is 9.47 Å². The third-order valence-corrected chi connectivity index (χ3v) is 6.65. The van der Waals surface area contributed by atoms with Crippen molar-refractivity contribution >= 4 is 0 Å². The van der Waals surface area contributed by atoms with Crippen molar-refractivity contribution in [2.45, 2.75) is 31.2 Å². The van der Waals surface area contributed by atoms with E-state index in [1.807, 2.05) is 12.4 Å². The van der Waals surface area contributed by atoms with E-state index in [2.05, 4.69) is 45.1 Å². The molecule has 154 valence electrons. The third kappa shape index (κ3) is 4.18. The molecule has 0 radical (unpaired) electrons. The second kappa shape index (κ2) is 8.82. The Morgan fingerprint density at radius 1 is 1.10 bits per heavy atom. The van der Waals surface area contributed by atoms with Gasteiger partial charge in [-0.15, -0.1) is 0 Å². The van der Waals surface area contributed by atoms with Crippen molar-refractivity contribution in [1.82, 2.24) is 14.8 Å². The fourth-order valence-corrected chi connectivity index (χ4v) is 5.15. The molecule has 29 heavy (non-hydrogen) atoms. The summed E-state index contributed by atoms with van der Waals surface area (Å²) >= 11 is 0. The zero-order valence-electron chi connectivity index (χ0n) is 17.1. The van der Waals surface area contributed by atoms with Gasteiger partial charge in [-0.05, 0) is 60.7 Å². The predicted octanol–water partition coefficient (Wildman–Crippen LogP) is 3.47. The first-order valence-corrected chi connectivity index (χ1v) is 11.1. The average Bonchev–Trinajstić information content (AvgIpc) is 3.26. The molecule has 3 aliphatic rings. The highest BCUT2D eigenvalue weighted by atomic mass is 16.5. The van der Waals surface area contributed by atoms with E-state index in [1.165, 1.54) is 36.1 Å². The van der Waals surface area contributed by atoms with E-state index in [0.29, 0.717) is 12.0 Å². The van der Waals surface area contributed by atoms with Gasteiger partial charge in [0.25, 0.3) is 0 Å². The number of hydrogen-bond donors (Lipinski definition) is 0. The van der Waals surface area contributed by atoms with Crippen LogP contribution in [0.15, 0.2) is 42.7 Å². The third-order valence-electron chi connectivity index (χ3n) is 6.65. The largest absolute Gasteiger partial charge is 0.494 e. The van der Waals surface area contributed by atoms with Crippen LogP contribution in [-0.2, 0) is 4.74 Å². The van der Waals surface area contributed by atoms with E-state index in [0.717, 1.165) is 58.2 Å². The Balaban J connectivity index is 1.29. The molecule has 2 aromatic rings. The highest BCUT2D eigenvalue weighted by Crippen LogP contribution is 2.45. The normalized spacial score (nSPS) is 24.8. The number of rotatable bonds is 6. The number of hydrogen-bond acceptors (Lipinski definition) is 5. The van der Waals surface area contributed by atoms with Crippen molar-refractivity contribution in [3.63, 3.8) is 0 Å². The molecule has 1 aromatic carbocycles. The van der Waals surface area contributed by atoms with E-state index in [9.17, 15) is 0 Å². The smallest absolute Gasteiger partial charge is 0.119 e. The summed E-state index contributed by atoms with van der Waals surface area (Å²) in [4.78, 5) is 9.49. The summed E-state index contributed by atoms with van der Waals surface area (Å²) in [5.74, 6) is 1.42. The van der Waals surface area contributed by atoms with Gasteiger partial charge in [-0.1, -0.05) is 12.1 Å². The first-order valence-electron chi connectivity index (χ1n) is 11.1. The number of benzene rings is 1. The first-order chi connectivity index (χ1) is 14.4. The molecule has 5 nitrogen and oxygen atoms in total. The standard InChI is InChI=1S/C24H31N3O2/c1-4-19(17-25-8-1)23-18-27-10-2-5-24(27)22-16-20(6-7-21(22)23)29-13-3-9-26-11-14-28-15-12-26/h1,4,6-8,16-17,23-24H,2-3,5,9-15,18H2. The molecule has 0 spiro atoms. The van der Waals surface area contributed by atoms with Crippen LogP contribution in [0.4, 0.5) is 0 Å². The maximum Gasteiger partial charge on any atom is 0.119 e. The van der Waals surface area contributed by atoms with Crippen LogP contribution in [0.25, 0.3) is 0 Å². The molecule has 5 rings (SSSR count). The minimum Gasteiger partial charge on any atom is -0.494 e. The van der Waals surface area contributed by atoms with E-state index < -0.39 is 0 Å². The average molecular weight is 394 g/mol. The molecule has 2 atom stereocenters. The molecule has 5 heteroatoms. The lowest BCUT2D eigenvalue weighted by atomic mass is 9.82. The number of ether oxygens (including phenoxy) is 2. The fourth-order valence-electron chi connectivity index (χ4n) is 5.15. The van der Waals surface area contributed by atoms with Crippen molar-refractivity contribution in [2.75, 3.05) is 52.5 Å². The van der Waals surface area contributed by atoms with Gasteiger partial charge in [-0.25, -0.2) is 0 Å². The monoisotopic (exact) mass is 393 g/mol. The molecule has 2 unspecified atom stereocenters. The van der Waals surface area contributed by atoms with Gasteiger partial charge in [-0.3, -0.25) is 14.8 Å². The number of fused-ring (bicyclic) bond motifs is 3. The second-order valence-corrected chi connectivity index (χ2v) is 8.44. The van der Waals surface area contributed by atoms with Crippen LogP contribution in [-0.4, -0.2) is 67.3 Å². The van der Waals surface area contributed by atoms with E-state index in [-0.39, 0.29) is 0 Å². The molecular weight excluding hydrogens is 362 g/mol. The first kappa shape index (κ1) is 19.0. The minimum absolute atomic E-state index is 0.406. The van der Waals surface area contributed by atoms with Crippen LogP contribution < -0.4 is 4.74 Å². The Labute approximate surface area is 173 Å². The molecule has 3 aliphatic heterocycles. The Morgan fingerprint density at radius 2 is 2.03 bits per heavy atom. The van der Waals surface area contributed by atoms with Gasteiger partial charge in [0.2, 0.25) is 0 Å². The lowest BCUT2D eigenvalue weighted by molar-refractivity contribution is 0.0358. The van der Waals surface area contributed by atoms with Crippen molar-refractivity contribution in [3.05, 3.63) is 59.4 Å². The Kier molecular flexibility index (Phi) is 5.79. The summed E-state index contributed by atoms with van der Waals surface area (Å²) in [5.41, 5.74) is 4.24. The number of aromatic nitrogens is 1. The van der Waals surface area contributed by atoms with Gasteiger partial charge in [0.1, 0.15) is 5.75 Å². The van der Waals surface area contributed by atoms with Crippen molar-refractivity contribution in [1.29, 1.82) is 0 Å². The molecule has 0 amide bonds. The molecule has 0 aliphatic carbocycles. The minimum atomic E-state index is 0.406. The number of nitrogens with zero attached hydrogens (tertiary/aromatic N) is 3. The Morgan fingerprint density at radius 3 is 2.90 bits per heavy atom. The molecule has 0 bridgehead atoms. The Bertz CT molecular complexity index is 807. The highest BCUT2D eigenvalue weighted by molar-refractivity contribution is 5.46. The number of pyridine rings is 1. The molecule has 2 saturated heterocycles. The van der Waals surface area contributed by atoms with E-state index in [4.69, 9.17) is 9.47 Å². The number of morpholine rings is 1. The van der Waals surface area contributed by atoms with Gasteiger partial charge >= 0.3 is 0 Å². The van der Waals surface area contributed by atoms with Gasteiger partial charge in [0.05, 0.1) is 19.8 Å². The van der Waals surface area contributed by atoms with Crippen LogP contribution in [0.2, 0.25) is 0 Å². The molecule has 1 aromatic heterocycles. The fraction of sp³-hybridized carbons (Fsp3) is 0.542. The van der Waals surface area contributed by atoms with Crippen molar-refractivity contribution in [3.8, 4) is 5.75 Å². The topological polar surface area (TPSA) is 37.8 Å². The molecular formula is C24H31N3O2. The summed E-state index contributed by atoms with van der Waals surface area (Å²) in [5, 5.41) is 0. The molecule has 4 heterocycles. The lowest BCUT2D eigenvalue weighted by Crippen LogP contribution is -2.37. The summed E-state index contributed by atoms with van der Waals surface area (Å²) in [6.07, 6.45) is 7.49. The predicted molar refractivity (Wildman–Crippen MR) is 113 cm³/mol. The van der Waals surface area contributed by atoms with Crippen molar-refractivity contribution in [2.24, 2.45) is 0 Å². The zero-order chi connectivity index (χ0) is 19.5. The van der Waals surface area contributed by atoms with Crippen LogP contribution in [0.1, 0.15) is 47.9 Å². The summed E-state index contributed by atoms with van der Waals surface area (Å²) < 4.78 is 11.6. The molecule has 0 N–H and O–H groups in total. The second-order valence-electron chi connectivity index (χ2n) is 8.44. The zero-order valence-corrected chi connectivity index (χ0v) is 17.1. The lowest BCUT2D eigenvalue weighted by Gasteiger charge is -2.37. The maximum atomic E-state index is 6.16. The summed E-state index contributed by atoms with van der Waals surface area (Å²) in [6, 6.07) is 11.6. The quantitative estimate of drug-likeness (QED) is 0.703. The molecule has 2 fully saturated rings. The van der Waals surface area contributed by atoms with Crippen LogP contribution in [0.3, 0.4) is 0 Å². The maximum absolute atomic E-state index is 6.16.